The molecule has 0 radical (unpaired) electrons. The molecule has 0 saturated carbocycles. The van der Waals surface area contributed by atoms with Crippen LogP contribution in [-0.4, -0.2) is 32.6 Å². The fraction of sp³-hybridized carbons (Fsp3) is 0.300. The molecule has 1 aromatic rings. The molecule has 0 bridgehead atoms. The summed E-state index contributed by atoms with van der Waals surface area (Å²) in [4.78, 5) is 29.5. The van der Waals surface area contributed by atoms with Crippen molar-refractivity contribution in [2.45, 2.75) is 12.5 Å². The van der Waals surface area contributed by atoms with Crippen LogP contribution >= 0.6 is 7.75 Å². The summed E-state index contributed by atoms with van der Waals surface area (Å²) >= 11 is 0. The second-order valence-electron chi connectivity index (χ2n) is 3.78. The monoisotopic (exact) mass is 259 g/mol. The van der Waals surface area contributed by atoms with E-state index in [1.54, 1.807) is 18.2 Å². The molecular formula is C10H14NO5P. The lowest BCUT2D eigenvalue weighted by atomic mass is 9.92. The molecule has 1 atom stereocenters. The third-order valence-electron chi connectivity index (χ3n) is 2.79. The van der Waals surface area contributed by atoms with Gasteiger partial charge in [0.05, 0.1) is 0 Å². The highest BCUT2D eigenvalue weighted by atomic mass is 31.2. The van der Waals surface area contributed by atoms with Crippen molar-refractivity contribution in [2.75, 3.05) is 7.05 Å². The van der Waals surface area contributed by atoms with Crippen molar-refractivity contribution in [1.82, 2.24) is 4.67 Å². The van der Waals surface area contributed by atoms with Gasteiger partial charge in [-0.2, -0.15) is 4.67 Å². The number of carbonyl (C=O) groups is 1. The van der Waals surface area contributed by atoms with E-state index in [2.05, 4.69) is 0 Å². The van der Waals surface area contributed by atoms with Gasteiger partial charge in [-0.05, 0) is 19.5 Å². The normalized spacial score (nSPS) is 15.6. The van der Waals surface area contributed by atoms with Gasteiger partial charge in [0.1, 0.15) is 0 Å². The van der Waals surface area contributed by atoms with Gasteiger partial charge in [0.25, 0.3) is 0 Å². The molecule has 1 aromatic carbocycles. The first-order valence-electron chi connectivity index (χ1n) is 4.79. The number of likely N-dealkylation sites (N-methyl/N-ethyl adjacent to an activating group) is 1. The molecule has 6 nitrogen and oxygen atoms in total. The van der Waals surface area contributed by atoms with E-state index >= 15 is 0 Å². The number of hydrogen-bond donors (Lipinski definition) is 3. The van der Waals surface area contributed by atoms with Gasteiger partial charge in [-0.3, -0.25) is 0 Å². The lowest BCUT2D eigenvalue weighted by Crippen LogP contribution is -2.45. The molecule has 0 amide bonds. The van der Waals surface area contributed by atoms with Gasteiger partial charge in [-0.15, -0.1) is 0 Å². The molecule has 0 aliphatic carbocycles. The lowest BCUT2D eigenvalue weighted by molar-refractivity contribution is -0.148. The van der Waals surface area contributed by atoms with Crippen molar-refractivity contribution >= 4 is 13.7 Å². The van der Waals surface area contributed by atoms with Crippen LogP contribution in [0.15, 0.2) is 30.3 Å². The quantitative estimate of drug-likeness (QED) is 0.698. The van der Waals surface area contributed by atoms with Crippen molar-refractivity contribution in [1.29, 1.82) is 0 Å². The van der Waals surface area contributed by atoms with E-state index < -0.39 is 19.3 Å². The van der Waals surface area contributed by atoms with Gasteiger partial charge < -0.3 is 14.9 Å². The largest absolute Gasteiger partial charge is 0.480 e. The molecule has 0 heterocycles. The molecule has 7 heteroatoms. The Morgan fingerprint density at radius 3 is 2.12 bits per heavy atom. The summed E-state index contributed by atoms with van der Waals surface area (Å²) in [5.41, 5.74) is -1.47. The van der Waals surface area contributed by atoms with Gasteiger partial charge in [-0.25, -0.2) is 9.36 Å². The molecule has 0 saturated heterocycles. The number of benzene rings is 1. The molecule has 0 fully saturated rings. The minimum Gasteiger partial charge on any atom is -0.480 e. The number of hydrogen-bond acceptors (Lipinski definition) is 2. The van der Waals surface area contributed by atoms with Crippen LogP contribution in [0, 0.1) is 0 Å². The second-order valence-corrected chi connectivity index (χ2v) is 5.41. The smallest absolute Gasteiger partial charge is 0.404 e. The first kappa shape index (κ1) is 13.9. The molecular weight excluding hydrogens is 245 g/mol. The number of rotatable bonds is 4. The fourth-order valence-corrected chi connectivity index (χ4v) is 2.19. The van der Waals surface area contributed by atoms with Gasteiger partial charge >= 0.3 is 13.7 Å². The van der Waals surface area contributed by atoms with Gasteiger partial charge in [0.2, 0.25) is 0 Å². The first-order chi connectivity index (χ1) is 7.70. The third kappa shape index (κ3) is 2.56. The Balaban J connectivity index is 3.35. The van der Waals surface area contributed by atoms with Crippen LogP contribution in [0.2, 0.25) is 0 Å². The highest BCUT2D eigenvalue weighted by molar-refractivity contribution is 7.49. The van der Waals surface area contributed by atoms with Crippen LogP contribution in [0.1, 0.15) is 12.5 Å². The van der Waals surface area contributed by atoms with Crippen molar-refractivity contribution in [3.63, 3.8) is 0 Å². The SMILES string of the molecule is CN(C(C)(C(=O)O)c1ccccc1)P(=O)(O)O. The maximum absolute atomic E-state index is 11.3. The van der Waals surface area contributed by atoms with Crippen LogP contribution in [0.25, 0.3) is 0 Å². The molecule has 94 valence electrons. The standard InChI is InChI=1S/C10H14NO5P/c1-10(9(12)13,11(2)17(14,15)16)8-6-4-3-5-7-8/h3-7H,1-2H3,(H,12,13)(H2,14,15,16). The van der Waals surface area contributed by atoms with Crippen LogP contribution in [0.4, 0.5) is 0 Å². The van der Waals surface area contributed by atoms with E-state index in [-0.39, 0.29) is 0 Å². The van der Waals surface area contributed by atoms with Crippen molar-refractivity contribution in [3.05, 3.63) is 35.9 Å². The Labute approximate surface area is 98.7 Å². The zero-order valence-electron chi connectivity index (χ0n) is 9.44. The van der Waals surface area contributed by atoms with E-state index in [1.165, 1.54) is 19.1 Å². The highest BCUT2D eigenvalue weighted by Gasteiger charge is 2.46. The Morgan fingerprint density at radius 1 is 1.29 bits per heavy atom. The van der Waals surface area contributed by atoms with E-state index in [0.29, 0.717) is 10.2 Å². The maximum Gasteiger partial charge on any atom is 0.404 e. The van der Waals surface area contributed by atoms with Gasteiger partial charge in [0.15, 0.2) is 5.54 Å². The fourth-order valence-electron chi connectivity index (χ4n) is 1.47. The molecule has 1 unspecified atom stereocenters. The van der Waals surface area contributed by atoms with E-state index in [9.17, 15) is 14.5 Å². The topological polar surface area (TPSA) is 98.1 Å². The summed E-state index contributed by atoms with van der Waals surface area (Å²) in [6.45, 7) is 1.25. The summed E-state index contributed by atoms with van der Waals surface area (Å²) in [5, 5.41) is 9.23. The molecule has 0 aliphatic heterocycles. The molecule has 1 rings (SSSR count). The number of nitrogens with zero attached hydrogens (tertiary/aromatic N) is 1. The minimum atomic E-state index is -4.65. The van der Waals surface area contributed by atoms with Crippen LogP contribution in [0.5, 0.6) is 0 Å². The van der Waals surface area contributed by atoms with Crippen molar-refractivity contribution < 1.29 is 24.3 Å². The molecule has 17 heavy (non-hydrogen) atoms. The first-order valence-corrected chi connectivity index (χ1v) is 6.36. The predicted octanol–water partition coefficient (Wildman–Crippen LogP) is 1.01. The number of aliphatic carboxylic acids is 1. The van der Waals surface area contributed by atoms with E-state index in [4.69, 9.17) is 9.79 Å². The zero-order chi connectivity index (χ0) is 13.3. The van der Waals surface area contributed by atoms with E-state index in [1.807, 2.05) is 0 Å². The molecule has 3 N–H and O–H groups in total. The average Bonchev–Trinajstić information content (AvgIpc) is 2.26. The van der Waals surface area contributed by atoms with Crippen molar-refractivity contribution in [2.24, 2.45) is 0 Å². The predicted molar refractivity (Wildman–Crippen MR) is 61.2 cm³/mol. The number of carboxylic acid groups (broad SMARTS) is 1. The van der Waals surface area contributed by atoms with Crippen LogP contribution < -0.4 is 0 Å². The summed E-state index contributed by atoms with van der Waals surface area (Å²) in [7, 11) is -3.56. The molecule has 0 spiro atoms. The lowest BCUT2D eigenvalue weighted by Gasteiger charge is -2.35. The highest BCUT2D eigenvalue weighted by Crippen LogP contribution is 2.47. The maximum atomic E-state index is 11.3. The van der Waals surface area contributed by atoms with Crippen LogP contribution in [-0.2, 0) is 14.9 Å². The Kier molecular flexibility index (Phi) is 3.74. The Hall–Kier alpha value is -1.20. The van der Waals surface area contributed by atoms with Gasteiger partial charge in [0, 0.05) is 0 Å². The summed E-state index contributed by atoms with van der Waals surface area (Å²) in [5.74, 6) is -1.32. The van der Waals surface area contributed by atoms with Crippen LogP contribution in [0.3, 0.4) is 0 Å². The summed E-state index contributed by atoms with van der Waals surface area (Å²) in [6.07, 6.45) is 0. The third-order valence-corrected chi connectivity index (χ3v) is 3.97. The second kappa shape index (κ2) is 4.58. The zero-order valence-corrected chi connectivity index (χ0v) is 10.3. The summed E-state index contributed by atoms with van der Waals surface area (Å²) in [6, 6.07) is 7.96. The molecule has 0 aromatic heterocycles. The van der Waals surface area contributed by atoms with Gasteiger partial charge in [-0.1, -0.05) is 30.3 Å². The molecule has 0 aliphatic rings. The van der Waals surface area contributed by atoms with E-state index in [0.717, 1.165) is 7.05 Å². The minimum absolute atomic E-state index is 0.304. The summed E-state index contributed by atoms with van der Waals surface area (Å²) < 4.78 is 11.8. The average molecular weight is 259 g/mol. The Bertz CT molecular complexity index is 457. The number of carboxylic acids is 1. The van der Waals surface area contributed by atoms with Crippen molar-refractivity contribution in [3.8, 4) is 0 Å². The Morgan fingerprint density at radius 2 is 1.76 bits per heavy atom.